The van der Waals surface area contributed by atoms with Gasteiger partial charge in [-0.1, -0.05) is 182 Å². The second kappa shape index (κ2) is 16.8. The summed E-state index contributed by atoms with van der Waals surface area (Å²) in [6.07, 6.45) is 0. The van der Waals surface area contributed by atoms with Gasteiger partial charge in [0, 0.05) is 12.2 Å². The van der Waals surface area contributed by atoms with E-state index in [2.05, 4.69) is 255 Å². The minimum absolute atomic E-state index is 0.424. The van der Waals surface area contributed by atoms with Crippen LogP contribution >= 0.6 is 0 Å². The smallest absolute Gasteiger partial charge is 0.408 e. The maximum absolute atomic E-state index is 6.80. The third kappa shape index (κ3) is 6.67. The first-order valence-electron chi connectivity index (χ1n) is 27.1. The van der Waals surface area contributed by atoms with Gasteiger partial charge in [-0.3, -0.25) is 0 Å². The van der Waals surface area contributed by atoms with Crippen LogP contribution in [-0.4, -0.2) is 37.6 Å². The molecular formula is C70H60B2O4. The normalized spacial score (nSPS) is 16.6. The van der Waals surface area contributed by atoms with E-state index in [0.29, 0.717) is 6.61 Å². The third-order valence-electron chi connectivity index (χ3n) is 17.5. The average Bonchev–Trinajstić information content (AvgIpc) is 4.02. The number of benzene rings is 10. The van der Waals surface area contributed by atoms with Gasteiger partial charge in [0.25, 0.3) is 0 Å². The van der Waals surface area contributed by atoms with E-state index in [1.807, 2.05) is 6.92 Å². The van der Waals surface area contributed by atoms with Crippen molar-refractivity contribution in [2.45, 2.75) is 83.0 Å². The second-order valence-corrected chi connectivity index (χ2v) is 23.4. The van der Waals surface area contributed by atoms with Gasteiger partial charge in [-0.25, -0.2) is 0 Å². The summed E-state index contributed by atoms with van der Waals surface area (Å²) >= 11 is 0. The molecule has 370 valence electrons. The highest BCUT2D eigenvalue weighted by Gasteiger charge is 2.56. The van der Waals surface area contributed by atoms with E-state index >= 15 is 0 Å². The molecule has 0 bridgehead atoms. The summed E-state index contributed by atoms with van der Waals surface area (Å²) in [5, 5.41) is 4.86. The van der Waals surface area contributed by atoms with E-state index in [4.69, 9.17) is 18.6 Å². The van der Waals surface area contributed by atoms with Crippen LogP contribution in [0.3, 0.4) is 0 Å². The maximum Gasteiger partial charge on any atom is 0.494 e. The molecule has 10 aromatic rings. The maximum atomic E-state index is 6.80. The van der Waals surface area contributed by atoms with Gasteiger partial charge in [-0.05, 0) is 201 Å². The fourth-order valence-electron chi connectivity index (χ4n) is 13.6. The lowest BCUT2D eigenvalue weighted by molar-refractivity contribution is 0.00578. The van der Waals surface area contributed by atoms with E-state index in [9.17, 15) is 0 Å². The largest absolute Gasteiger partial charge is 0.494 e. The lowest BCUT2D eigenvalue weighted by Crippen LogP contribution is -2.45. The highest BCUT2D eigenvalue weighted by atomic mass is 16.7. The first kappa shape index (κ1) is 47.2. The molecule has 1 fully saturated rings. The first-order chi connectivity index (χ1) is 36.7. The van der Waals surface area contributed by atoms with Crippen molar-refractivity contribution in [3.63, 3.8) is 0 Å². The Morgan fingerprint density at radius 3 is 1.20 bits per heavy atom. The van der Waals surface area contributed by atoms with Crippen LogP contribution in [0.5, 0.6) is 0 Å². The SMILES string of the molecule is CCOB(OC(C)(C)C)c1cc2c3c(cccc3c1)-c1cc3c(cc1-2)C(c1ccccc1)(c1ccccc1)c1cc2c(cc1C3(c1ccccc1)c1ccccc1)-c1cc(B3OC(C)(C)C(C)(C)O3)cc3cccc-2c13. The van der Waals surface area contributed by atoms with Crippen molar-refractivity contribution >= 4 is 46.7 Å². The molecule has 1 heterocycles. The molecule has 0 N–H and O–H groups in total. The van der Waals surface area contributed by atoms with Gasteiger partial charge in [0.2, 0.25) is 0 Å². The molecule has 0 unspecified atom stereocenters. The molecule has 0 spiro atoms. The van der Waals surface area contributed by atoms with Crippen LogP contribution in [0.1, 0.15) is 99.9 Å². The van der Waals surface area contributed by atoms with Crippen LogP contribution in [0.4, 0.5) is 0 Å². The van der Waals surface area contributed by atoms with Crippen LogP contribution in [0.2, 0.25) is 0 Å². The predicted octanol–water partition coefficient (Wildman–Crippen LogP) is 15.2. The van der Waals surface area contributed by atoms with Crippen LogP contribution in [0, 0.1) is 0 Å². The molecule has 0 aromatic heterocycles. The zero-order valence-electron chi connectivity index (χ0n) is 44.6. The van der Waals surface area contributed by atoms with Gasteiger partial charge in [0.15, 0.2) is 0 Å². The molecule has 76 heavy (non-hydrogen) atoms. The lowest BCUT2D eigenvalue weighted by Gasteiger charge is -2.51. The van der Waals surface area contributed by atoms with Gasteiger partial charge in [0.1, 0.15) is 0 Å². The minimum Gasteiger partial charge on any atom is -0.408 e. The molecule has 0 atom stereocenters. The fourth-order valence-corrected chi connectivity index (χ4v) is 13.6. The van der Waals surface area contributed by atoms with Gasteiger partial charge in [0.05, 0.1) is 22.0 Å². The molecule has 4 aliphatic rings. The third-order valence-corrected chi connectivity index (χ3v) is 17.5. The molecule has 0 amide bonds. The van der Waals surface area contributed by atoms with Crippen molar-refractivity contribution < 1.29 is 18.6 Å². The molecule has 14 rings (SSSR count). The zero-order valence-corrected chi connectivity index (χ0v) is 44.6. The summed E-state index contributed by atoms with van der Waals surface area (Å²) in [4.78, 5) is 0. The van der Waals surface area contributed by atoms with Crippen molar-refractivity contribution in [2.75, 3.05) is 6.61 Å². The number of fused-ring (bicyclic) bond motifs is 8. The predicted molar refractivity (Wildman–Crippen MR) is 314 cm³/mol. The van der Waals surface area contributed by atoms with Crippen molar-refractivity contribution in [1.29, 1.82) is 0 Å². The van der Waals surface area contributed by atoms with Crippen LogP contribution in [0.25, 0.3) is 66.1 Å². The Labute approximate surface area is 448 Å². The molecule has 0 radical (unpaired) electrons. The Hall–Kier alpha value is -7.31. The molecular weight excluding hydrogens is 926 g/mol. The van der Waals surface area contributed by atoms with E-state index in [1.165, 1.54) is 111 Å². The Kier molecular flexibility index (Phi) is 10.5. The summed E-state index contributed by atoms with van der Waals surface area (Å²) in [5.41, 5.74) is 18.6. The van der Waals surface area contributed by atoms with Gasteiger partial charge in [-0.2, -0.15) is 0 Å². The van der Waals surface area contributed by atoms with Gasteiger partial charge in [-0.15, -0.1) is 0 Å². The summed E-state index contributed by atoms with van der Waals surface area (Å²) in [6, 6.07) is 78.5. The minimum atomic E-state index is -0.796. The summed E-state index contributed by atoms with van der Waals surface area (Å²) in [5.74, 6) is 0. The van der Waals surface area contributed by atoms with Crippen molar-refractivity contribution in [2.24, 2.45) is 0 Å². The van der Waals surface area contributed by atoms with Crippen LogP contribution in [0.15, 0.2) is 206 Å². The molecule has 6 heteroatoms. The first-order valence-corrected chi connectivity index (χ1v) is 27.1. The van der Waals surface area contributed by atoms with Gasteiger partial charge >= 0.3 is 14.2 Å². The van der Waals surface area contributed by atoms with Crippen molar-refractivity contribution in [3.8, 4) is 44.5 Å². The Morgan fingerprint density at radius 2 is 0.803 bits per heavy atom. The highest BCUT2D eigenvalue weighted by Crippen LogP contribution is 2.64. The number of hydrogen-bond donors (Lipinski definition) is 0. The van der Waals surface area contributed by atoms with E-state index in [1.54, 1.807) is 0 Å². The van der Waals surface area contributed by atoms with Crippen molar-refractivity contribution in [1.82, 2.24) is 0 Å². The van der Waals surface area contributed by atoms with Crippen LogP contribution < -0.4 is 10.9 Å². The second-order valence-electron chi connectivity index (χ2n) is 23.4. The van der Waals surface area contributed by atoms with E-state index < -0.39 is 41.9 Å². The molecule has 0 saturated carbocycles. The number of rotatable bonds is 9. The van der Waals surface area contributed by atoms with E-state index in [-0.39, 0.29) is 0 Å². The topological polar surface area (TPSA) is 36.9 Å². The quantitative estimate of drug-likeness (QED) is 0.135. The zero-order chi connectivity index (χ0) is 51.9. The molecule has 3 aliphatic carbocycles. The molecule has 4 nitrogen and oxygen atoms in total. The fraction of sp³-hybridized carbons (Fsp3) is 0.200. The Bertz CT molecular complexity index is 3650. The summed E-state index contributed by atoms with van der Waals surface area (Å²) in [6.45, 7) is 17.4. The Balaban J connectivity index is 1.14. The summed E-state index contributed by atoms with van der Waals surface area (Å²) < 4.78 is 26.8. The molecule has 1 aliphatic heterocycles. The lowest BCUT2D eigenvalue weighted by atomic mass is 9.50. The van der Waals surface area contributed by atoms with Crippen molar-refractivity contribution in [3.05, 3.63) is 251 Å². The molecule has 10 aromatic carbocycles. The Morgan fingerprint density at radius 1 is 0.421 bits per heavy atom. The standard InChI is InChI=1S/C70H60B2O4/c1-9-73-71(74-66(2,3)4)50-36-44-24-22-34-52-54-40-60-62(42-56(54)58(38-50)64(44)52)69(46-26-14-10-15-27-46,47-28-16-11-17-29-47)61-41-55-53-35-23-25-45-37-51(72-75-67(5,6)68(7,8)76-72)39-59(65(45)53)57(55)43-63(61)70(60,48-30-18-12-19-31-48)49-32-20-13-21-33-49/h10-43H,9H2,1-8H3. The van der Waals surface area contributed by atoms with Crippen LogP contribution in [-0.2, 0) is 29.4 Å². The van der Waals surface area contributed by atoms with Gasteiger partial charge < -0.3 is 18.6 Å². The van der Waals surface area contributed by atoms with E-state index in [0.717, 1.165) is 10.9 Å². The highest BCUT2D eigenvalue weighted by molar-refractivity contribution is 6.63. The number of hydrogen-bond acceptors (Lipinski definition) is 4. The monoisotopic (exact) mass is 986 g/mol. The summed E-state index contributed by atoms with van der Waals surface area (Å²) in [7, 11) is -1.05. The average molecular weight is 987 g/mol. The molecule has 1 saturated heterocycles.